The molecule has 1 rings (SSSR count). The van der Waals surface area contributed by atoms with Crippen LogP contribution >= 0.6 is 0 Å². The van der Waals surface area contributed by atoms with Gasteiger partial charge in [-0.05, 0) is 13.3 Å². The van der Waals surface area contributed by atoms with Gasteiger partial charge < -0.3 is 9.22 Å². The van der Waals surface area contributed by atoms with Crippen molar-refractivity contribution in [3.63, 3.8) is 0 Å². The summed E-state index contributed by atoms with van der Waals surface area (Å²) in [5.74, 6) is -0.299. The topological polar surface area (TPSA) is 26.3 Å². The van der Waals surface area contributed by atoms with E-state index in [1.54, 1.807) is 6.92 Å². The standard InChI is InChI=1S/C19H30NO2/c1-7-19(20(4,5)6,17-12-9-8-10-13-17)14-11-15-22-18(21)16(2)3/h8-10,12-13H,2,7,11,14-15H2,1,3-6H3/q+1. The van der Waals surface area contributed by atoms with Gasteiger partial charge in [0.1, 0.15) is 5.54 Å². The Morgan fingerprint density at radius 3 is 2.27 bits per heavy atom. The number of nitrogens with zero attached hydrogens (tertiary/aromatic N) is 1. The number of carbonyl (C=O) groups is 1. The first-order valence-electron chi connectivity index (χ1n) is 7.94. The van der Waals surface area contributed by atoms with Crippen LogP contribution in [0.15, 0.2) is 42.5 Å². The summed E-state index contributed by atoms with van der Waals surface area (Å²) in [6.45, 7) is 7.96. The Labute approximate surface area is 135 Å². The average molecular weight is 304 g/mol. The molecule has 122 valence electrons. The minimum absolute atomic E-state index is 0.0247. The lowest BCUT2D eigenvalue weighted by atomic mass is 9.80. The van der Waals surface area contributed by atoms with Gasteiger partial charge in [-0.2, -0.15) is 0 Å². The molecule has 0 aliphatic rings. The third-order valence-electron chi connectivity index (χ3n) is 4.50. The van der Waals surface area contributed by atoms with E-state index >= 15 is 0 Å². The monoisotopic (exact) mass is 304 g/mol. The zero-order valence-corrected chi connectivity index (χ0v) is 14.7. The number of hydrogen-bond acceptors (Lipinski definition) is 2. The zero-order chi connectivity index (χ0) is 16.8. The zero-order valence-electron chi connectivity index (χ0n) is 14.7. The summed E-state index contributed by atoms with van der Waals surface area (Å²) in [6.07, 6.45) is 2.85. The van der Waals surface area contributed by atoms with Crippen molar-refractivity contribution < 1.29 is 14.0 Å². The molecule has 0 saturated heterocycles. The molecule has 0 radical (unpaired) electrons. The fourth-order valence-corrected chi connectivity index (χ4v) is 3.12. The minimum Gasteiger partial charge on any atom is -0.462 e. The fraction of sp³-hybridized carbons (Fsp3) is 0.526. The van der Waals surface area contributed by atoms with Crippen LogP contribution in [0.3, 0.4) is 0 Å². The molecular formula is C19H30NO2+. The lowest BCUT2D eigenvalue weighted by Gasteiger charge is -2.46. The second-order valence-electron chi connectivity index (χ2n) is 6.78. The normalized spacial score (nSPS) is 14.2. The molecule has 0 amide bonds. The van der Waals surface area contributed by atoms with Crippen molar-refractivity contribution in [2.24, 2.45) is 0 Å². The molecule has 0 spiro atoms. The molecule has 0 saturated carbocycles. The summed E-state index contributed by atoms with van der Waals surface area (Å²) in [5, 5.41) is 0. The van der Waals surface area contributed by atoms with Crippen LogP contribution in [0.1, 0.15) is 38.7 Å². The van der Waals surface area contributed by atoms with Crippen LogP contribution in [0.25, 0.3) is 0 Å². The van der Waals surface area contributed by atoms with Gasteiger partial charge in [0.05, 0.1) is 27.7 Å². The Morgan fingerprint density at radius 2 is 1.82 bits per heavy atom. The maximum Gasteiger partial charge on any atom is 0.333 e. The molecule has 0 aliphatic carbocycles. The first kappa shape index (κ1) is 18.4. The lowest BCUT2D eigenvalue weighted by Crippen LogP contribution is -2.54. The Morgan fingerprint density at radius 1 is 1.23 bits per heavy atom. The van der Waals surface area contributed by atoms with Gasteiger partial charge in [0, 0.05) is 24.0 Å². The van der Waals surface area contributed by atoms with Gasteiger partial charge in [-0.3, -0.25) is 0 Å². The highest BCUT2D eigenvalue weighted by molar-refractivity contribution is 5.86. The summed E-state index contributed by atoms with van der Waals surface area (Å²) >= 11 is 0. The van der Waals surface area contributed by atoms with Crippen LogP contribution in [0.4, 0.5) is 0 Å². The van der Waals surface area contributed by atoms with Crippen molar-refractivity contribution in [1.29, 1.82) is 0 Å². The largest absolute Gasteiger partial charge is 0.462 e. The molecule has 0 N–H and O–H groups in total. The molecule has 1 aromatic carbocycles. The highest BCUT2D eigenvalue weighted by Gasteiger charge is 2.42. The first-order valence-corrected chi connectivity index (χ1v) is 7.94. The third-order valence-corrected chi connectivity index (χ3v) is 4.50. The van der Waals surface area contributed by atoms with Crippen molar-refractivity contribution in [1.82, 2.24) is 0 Å². The number of quaternary nitrogens is 1. The van der Waals surface area contributed by atoms with Gasteiger partial charge in [0.2, 0.25) is 0 Å². The van der Waals surface area contributed by atoms with Crippen molar-refractivity contribution in [3.05, 3.63) is 48.0 Å². The summed E-state index contributed by atoms with van der Waals surface area (Å²) in [6, 6.07) is 10.6. The SMILES string of the molecule is C=C(C)C(=O)OCCCC(CC)(c1ccccc1)[N+](C)(C)C. The van der Waals surface area contributed by atoms with Crippen molar-refractivity contribution >= 4 is 5.97 Å². The Bertz CT molecular complexity index is 502. The molecule has 1 atom stereocenters. The number of rotatable bonds is 8. The minimum atomic E-state index is -0.299. The molecule has 0 aromatic heterocycles. The van der Waals surface area contributed by atoms with Crippen LogP contribution in [-0.4, -0.2) is 38.2 Å². The van der Waals surface area contributed by atoms with E-state index in [0.717, 1.165) is 23.7 Å². The smallest absolute Gasteiger partial charge is 0.333 e. The second-order valence-corrected chi connectivity index (χ2v) is 6.78. The number of esters is 1. The van der Waals surface area contributed by atoms with Crippen LogP contribution in [0.2, 0.25) is 0 Å². The molecule has 1 unspecified atom stereocenters. The molecule has 0 fully saturated rings. The van der Waals surface area contributed by atoms with Gasteiger partial charge in [-0.1, -0.05) is 43.8 Å². The van der Waals surface area contributed by atoms with E-state index < -0.39 is 0 Å². The van der Waals surface area contributed by atoms with Crippen molar-refractivity contribution in [3.8, 4) is 0 Å². The molecule has 22 heavy (non-hydrogen) atoms. The van der Waals surface area contributed by atoms with Gasteiger partial charge >= 0.3 is 5.97 Å². The Hall–Kier alpha value is -1.61. The molecular weight excluding hydrogens is 274 g/mol. The lowest BCUT2D eigenvalue weighted by molar-refractivity contribution is -0.933. The summed E-state index contributed by atoms with van der Waals surface area (Å²) in [4.78, 5) is 11.5. The summed E-state index contributed by atoms with van der Waals surface area (Å²) in [5.41, 5.74) is 1.82. The fourth-order valence-electron chi connectivity index (χ4n) is 3.12. The van der Waals surface area contributed by atoms with Crippen LogP contribution < -0.4 is 0 Å². The molecule has 0 aliphatic heterocycles. The van der Waals surface area contributed by atoms with Crippen molar-refractivity contribution in [2.45, 2.75) is 38.6 Å². The average Bonchev–Trinajstić information content (AvgIpc) is 2.46. The Balaban J connectivity index is 2.85. The molecule has 1 aromatic rings. The Kier molecular flexibility index (Phi) is 6.36. The molecule has 3 nitrogen and oxygen atoms in total. The van der Waals surface area contributed by atoms with Crippen LogP contribution in [-0.2, 0) is 15.1 Å². The van der Waals surface area contributed by atoms with Gasteiger partial charge in [0.15, 0.2) is 0 Å². The van der Waals surface area contributed by atoms with E-state index in [1.807, 2.05) is 6.07 Å². The number of hydrogen-bond donors (Lipinski definition) is 0. The number of benzene rings is 1. The number of ether oxygens (including phenoxy) is 1. The predicted molar refractivity (Wildman–Crippen MR) is 91.5 cm³/mol. The van der Waals surface area contributed by atoms with E-state index in [9.17, 15) is 4.79 Å². The molecule has 0 bridgehead atoms. The van der Waals surface area contributed by atoms with E-state index in [0.29, 0.717) is 12.2 Å². The van der Waals surface area contributed by atoms with Gasteiger partial charge in [-0.15, -0.1) is 0 Å². The predicted octanol–water partition coefficient (Wildman–Crippen LogP) is 3.90. The van der Waals surface area contributed by atoms with E-state index in [2.05, 4.69) is 58.9 Å². The van der Waals surface area contributed by atoms with Gasteiger partial charge in [0.25, 0.3) is 0 Å². The van der Waals surface area contributed by atoms with Crippen LogP contribution in [0, 0.1) is 0 Å². The van der Waals surface area contributed by atoms with Crippen LogP contribution in [0.5, 0.6) is 0 Å². The summed E-state index contributed by atoms with van der Waals surface area (Å²) in [7, 11) is 6.70. The first-order chi connectivity index (χ1) is 10.2. The molecule has 0 heterocycles. The quantitative estimate of drug-likeness (QED) is 0.315. The van der Waals surface area contributed by atoms with E-state index in [4.69, 9.17) is 4.74 Å². The highest BCUT2D eigenvalue weighted by Crippen LogP contribution is 2.39. The number of carbonyl (C=O) groups excluding carboxylic acids is 1. The second kappa shape index (κ2) is 7.59. The summed E-state index contributed by atoms with van der Waals surface area (Å²) < 4.78 is 6.10. The maximum absolute atomic E-state index is 11.5. The maximum atomic E-state index is 11.5. The van der Waals surface area contributed by atoms with E-state index in [-0.39, 0.29) is 11.5 Å². The molecule has 3 heteroatoms. The highest BCUT2D eigenvalue weighted by atomic mass is 16.5. The third kappa shape index (κ3) is 4.20. The van der Waals surface area contributed by atoms with E-state index in [1.165, 1.54) is 5.56 Å². The van der Waals surface area contributed by atoms with Crippen molar-refractivity contribution in [2.75, 3.05) is 27.7 Å². The van der Waals surface area contributed by atoms with Gasteiger partial charge in [-0.25, -0.2) is 4.79 Å².